The highest BCUT2D eigenvalue weighted by molar-refractivity contribution is 6.25. The van der Waals surface area contributed by atoms with Gasteiger partial charge in [0.2, 0.25) is 11.8 Å². The third-order valence-corrected chi connectivity index (χ3v) is 4.75. The van der Waals surface area contributed by atoms with Crippen molar-refractivity contribution in [2.24, 2.45) is 0 Å². The quantitative estimate of drug-likeness (QED) is 0.852. The molecular weight excluding hydrogens is 276 g/mol. The first-order valence-corrected chi connectivity index (χ1v) is 7.80. The fourth-order valence-electron chi connectivity index (χ4n) is 3.25. The summed E-state index contributed by atoms with van der Waals surface area (Å²) in [5.41, 5.74) is 1.77. The Morgan fingerprint density at radius 2 is 2.05 bits per heavy atom. The topological polar surface area (TPSA) is 49.4 Å². The van der Waals surface area contributed by atoms with Crippen LogP contribution < -0.4 is 5.32 Å². The SMILES string of the molecule is CC(=CCl)CN1C(=O)C2(CCCCC2)NC(=O)CC1C. The zero-order chi connectivity index (χ0) is 14.8. The predicted octanol–water partition coefficient (Wildman–Crippen LogP) is 2.57. The maximum Gasteiger partial charge on any atom is 0.248 e. The molecule has 1 saturated heterocycles. The molecule has 2 fully saturated rings. The third kappa shape index (κ3) is 3.00. The number of nitrogens with zero attached hydrogens (tertiary/aromatic N) is 1. The molecule has 1 spiro atoms. The minimum atomic E-state index is -0.674. The summed E-state index contributed by atoms with van der Waals surface area (Å²) in [6, 6.07) is -0.0876. The van der Waals surface area contributed by atoms with Crippen LogP contribution in [0.4, 0.5) is 0 Å². The van der Waals surface area contributed by atoms with E-state index in [1.165, 1.54) is 5.54 Å². The summed E-state index contributed by atoms with van der Waals surface area (Å²) in [6.45, 7) is 4.34. The number of carbonyl (C=O) groups excluding carboxylic acids is 2. The van der Waals surface area contributed by atoms with Gasteiger partial charge in [-0.3, -0.25) is 9.59 Å². The molecule has 4 nitrogen and oxygen atoms in total. The average molecular weight is 299 g/mol. The Labute approximate surface area is 125 Å². The van der Waals surface area contributed by atoms with Crippen molar-refractivity contribution in [2.75, 3.05) is 6.54 Å². The second-order valence-corrected chi connectivity index (χ2v) is 6.35. The van der Waals surface area contributed by atoms with Crippen LogP contribution in [0.3, 0.4) is 0 Å². The van der Waals surface area contributed by atoms with E-state index < -0.39 is 5.54 Å². The summed E-state index contributed by atoms with van der Waals surface area (Å²) in [5, 5.41) is 3.01. The zero-order valence-electron chi connectivity index (χ0n) is 12.2. The molecule has 2 aliphatic rings. The van der Waals surface area contributed by atoms with Crippen LogP contribution in [0.1, 0.15) is 52.4 Å². The van der Waals surface area contributed by atoms with Crippen LogP contribution in [0.5, 0.6) is 0 Å². The van der Waals surface area contributed by atoms with E-state index in [4.69, 9.17) is 11.6 Å². The smallest absolute Gasteiger partial charge is 0.248 e. The lowest BCUT2D eigenvalue weighted by atomic mass is 9.80. The highest BCUT2D eigenvalue weighted by Crippen LogP contribution is 2.33. The van der Waals surface area contributed by atoms with Crippen molar-refractivity contribution in [3.8, 4) is 0 Å². The molecule has 1 aliphatic heterocycles. The lowest BCUT2D eigenvalue weighted by Crippen LogP contribution is -2.58. The number of nitrogens with one attached hydrogen (secondary N) is 1. The molecule has 1 unspecified atom stereocenters. The van der Waals surface area contributed by atoms with Gasteiger partial charge in [0.1, 0.15) is 5.54 Å². The second kappa shape index (κ2) is 6.17. The van der Waals surface area contributed by atoms with Crippen molar-refractivity contribution in [2.45, 2.75) is 64.0 Å². The minimum absolute atomic E-state index is 0.0113. The first kappa shape index (κ1) is 15.4. The van der Waals surface area contributed by atoms with Crippen LogP contribution in [0.25, 0.3) is 0 Å². The molecule has 0 aromatic carbocycles. The Morgan fingerprint density at radius 3 is 2.65 bits per heavy atom. The summed E-state index contributed by atoms with van der Waals surface area (Å²) in [5.74, 6) is 0.0520. The van der Waals surface area contributed by atoms with Gasteiger partial charge in [-0.1, -0.05) is 30.9 Å². The Kier molecular flexibility index (Phi) is 4.74. The highest BCUT2D eigenvalue weighted by atomic mass is 35.5. The van der Waals surface area contributed by atoms with Crippen molar-refractivity contribution in [1.82, 2.24) is 10.2 Å². The number of carbonyl (C=O) groups is 2. The fourth-order valence-corrected chi connectivity index (χ4v) is 3.32. The van der Waals surface area contributed by atoms with E-state index in [-0.39, 0.29) is 17.9 Å². The van der Waals surface area contributed by atoms with Gasteiger partial charge >= 0.3 is 0 Å². The van der Waals surface area contributed by atoms with Gasteiger partial charge in [-0.25, -0.2) is 0 Å². The summed E-state index contributed by atoms with van der Waals surface area (Å²) < 4.78 is 0. The maximum atomic E-state index is 13.0. The van der Waals surface area contributed by atoms with Gasteiger partial charge in [0, 0.05) is 24.5 Å². The van der Waals surface area contributed by atoms with Crippen LogP contribution in [0.2, 0.25) is 0 Å². The van der Waals surface area contributed by atoms with Crippen LogP contribution in [0.15, 0.2) is 11.1 Å². The standard InChI is InChI=1S/C15H23ClN2O2/c1-11(9-16)10-18-12(2)8-13(19)17-15(14(18)20)6-4-3-5-7-15/h9,12H,3-8,10H2,1-2H3,(H,17,19). The summed E-state index contributed by atoms with van der Waals surface area (Å²) >= 11 is 5.73. The molecule has 1 N–H and O–H groups in total. The van der Waals surface area contributed by atoms with E-state index >= 15 is 0 Å². The lowest BCUT2D eigenvalue weighted by Gasteiger charge is -2.39. The molecule has 2 rings (SSSR count). The van der Waals surface area contributed by atoms with Crippen molar-refractivity contribution in [3.05, 3.63) is 11.1 Å². The number of halogens is 1. The van der Waals surface area contributed by atoms with Crippen LogP contribution in [-0.4, -0.2) is 34.8 Å². The number of rotatable bonds is 2. The van der Waals surface area contributed by atoms with Crippen molar-refractivity contribution >= 4 is 23.4 Å². The summed E-state index contributed by atoms with van der Waals surface area (Å²) in [4.78, 5) is 26.9. The molecule has 5 heteroatoms. The summed E-state index contributed by atoms with van der Waals surface area (Å²) in [7, 11) is 0. The molecule has 112 valence electrons. The normalized spacial score (nSPS) is 27.4. The predicted molar refractivity (Wildman–Crippen MR) is 79.4 cm³/mol. The van der Waals surface area contributed by atoms with Gasteiger partial charge in [-0.2, -0.15) is 0 Å². The van der Waals surface area contributed by atoms with E-state index in [2.05, 4.69) is 5.32 Å². The molecule has 0 radical (unpaired) electrons. The van der Waals surface area contributed by atoms with Crippen molar-refractivity contribution in [3.63, 3.8) is 0 Å². The van der Waals surface area contributed by atoms with Crippen molar-refractivity contribution < 1.29 is 9.59 Å². The molecule has 1 saturated carbocycles. The van der Waals surface area contributed by atoms with Gasteiger partial charge in [0.25, 0.3) is 0 Å². The molecule has 1 atom stereocenters. The van der Waals surface area contributed by atoms with E-state index in [0.29, 0.717) is 13.0 Å². The zero-order valence-corrected chi connectivity index (χ0v) is 13.0. The molecule has 1 aliphatic carbocycles. The van der Waals surface area contributed by atoms with E-state index in [0.717, 1.165) is 37.7 Å². The molecule has 0 bridgehead atoms. The van der Waals surface area contributed by atoms with Gasteiger partial charge in [0.15, 0.2) is 0 Å². The van der Waals surface area contributed by atoms with Crippen LogP contribution >= 0.6 is 11.6 Å². The van der Waals surface area contributed by atoms with E-state index in [1.54, 1.807) is 0 Å². The number of hydrogen-bond acceptors (Lipinski definition) is 2. The molecule has 0 aromatic rings. The number of hydrogen-bond donors (Lipinski definition) is 1. The van der Waals surface area contributed by atoms with E-state index in [1.807, 2.05) is 18.7 Å². The Morgan fingerprint density at radius 1 is 1.40 bits per heavy atom. The Balaban J connectivity index is 2.29. The van der Waals surface area contributed by atoms with Gasteiger partial charge in [-0.05, 0) is 32.3 Å². The molecule has 0 aromatic heterocycles. The summed E-state index contributed by atoms with van der Waals surface area (Å²) in [6.07, 6.45) is 5.01. The molecule has 1 heterocycles. The minimum Gasteiger partial charge on any atom is -0.342 e. The Hall–Kier alpha value is -1.03. The average Bonchev–Trinajstić information content (AvgIpc) is 2.50. The van der Waals surface area contributed by atoms with Gasteiger partial charge < -0.3 is 10.2 Å². The van der Waals surface area contributed by atoms with Gasteiger partial charge in [0.05, 0.1) is 0 Å². The van der Waals surface area contributed by atoms with Crippen LogP contribution in [-0.2, 0) is 9.59 Å². The molecule has 20 heavy (non-hydrogen) atoms. The van der Waals surface area contributed by atoms with Gasteiger partial charge in [-0.15, -0.1) is 0 Å². The largest absolute Gasteiger partial charge is 0.342 e. The van der Waals surface area contributed by atoms with Crippen LogP contribution in [0, 0.1) is 0 Å². The van der Waals surface area contributed by atoms with Crippen molar-refractivity contribution in [1.29, 1.82) is 0 Å². The Bertz CT molecular complexity index is 428. The number of amides is 2. The second-order valence-electron chi connectivity index (χ2n) is 6.13. The third-order valence-electron chi connectivity index (χ3n) is 4.37. The first-order chi connectivity index (χ1) is 9.48. The van der Waals surface area contributed by atoms with E-state index in [9.17, 15) is 9.59 Å². The molecule has 2 amide bonds. The lowest BCUT2D eigenvalue weighted by molar-refractivity contribution is -0.141. The molecular formula is C15H23ClN2O2. The monoisotopic (exact) mass is 298 g/mol. The fraction of sp³-hybridized carbons (Fsp3) is 0.733. The maximum absolute atomic E-state index is 13.0. The first-order valence-electron chi connectivity index (χ1n) is 7.36. The highest BCUT2D eigenvalue weighted by Gasteiger charge is 2.46.